The van der Waals surface area contributed by atoms with Gasteiger partial charge in [-0.2, -0.15) is 0 Å². The van der Waals surface area contributed by atoms with Gasteiger partial charge < -0.3 is 35.1 Å². The summed E-state index contributed by atoms with van der Waals surface area (Å²) in [4.78, 5) is 40.4. The van der Waals surface area contributed by atoms with Crippen molar-refractivity contribution in [1.82, 2.24) is 20.9 Å². The Morgan fingerprint density at radius 2 is 1.42 bits per heavy atom. The molecule has 4 aliphatic carbocycles. The summed E-state index contributed by atoms with van der Waals surface area (Å²) in [6.07, 6.45) is 18.2. The maximum atomic E-state index is 14.1. The van der Waals surface area contributed by atoms with Crippen LogP contribution in [0.15, 0.2) is 11.6 Å². The molecule has 5 unspecified atom stereocenters. The number of hydrogen-bond acceptors (Lipinski definition) is 7. The average molecular weight is 843 g/mol. The molecule has 0 heterocycles. The van der Waals surface area contributed by atoms with Gasteiger partial charge >= 0.3 is 18.3 Å². The summed E-state index contributed by atoms with van der Waals surface area (Å²) < 4.78 is 17.2. The van der Waals surface area contributed by atoms with Gasteiger partial charge in [0.2, 0.25) is 0 Å². The molecule has 0 bridgehead atoms. The largest absolute Gasteiger partial charge is 0.446 e. The zero-order chi connectivity index (χ0) is 44.5. The van der Waals surface area contributed by atoms with Crippen LogP contribution in [0.3, 0.4) is 0 Å². The summed E-state index contributed by atoms with van der Waals surface area (Å²) in [7, 11) is 0. The second-order valence-electron chi connectivity index (χ2n) is 22.6. The van der Waals surface area contributed by atoms with E-state index >= 15 is 0 Å². The minimum absolute atomic E-state index is 0.115. The van der Waals surface area contributed by atoms with Gasteiger partial charge in [0.25, 0.3) is 0 Å². The lowest BCUT2D eigenvalue weighted by molar-refractivity contribution is -0.0597. The van der Waals surface area contributed by atoms with Gasteiger partial charge in [-0.15, -0.1) is 0 Å². The second-order valence-corrected chi connectivity index (χ2v) is 22.6. The van der Waals surface area contributed by atoms with Crippen LogP contribution >= 0.6 is 0 Å². The summed E-state index contributed by atoms with van der Waals surface area (Å²) in [6.45, 7) is 30.1. The van der Waals surface area contributed by atoms with Crippen molar-refractivity contribution in [2.24, 2.45) is 46.3 Å². The molecular weight excluding hydrogens is 753 g/mol. The molecule has 10 nitrogen and oxygen atoms in total. The van der Waals surface area contributed by atoms with Gasteiger partial charge in [-0.1, -0.05) is 65.5 Å². The maximum absolute atomic E-state index is 14.1. The standard InChI is InChI=1S/C50H90N4O6/c1-34(2)17-16-18-35(3)41-21-22-42-40-20-19-38-33-39(23-27-49(38,12)43(40)24-28-50(41,42)13)58-46(57)54(37(5)26-31-53-45(56)60-48(9,10)11)32-15-14-29-51-36(4)25-30-52-44(55)59-47(6,7)8/h19,34-37,39-43,51H,14-18,20-33H2,1-13H3,(H,52,55)(H,53,56)/t35-,36?,37?,39+,40+,41?,42?,43?,49+,50-/m1/s1. The third-order valence-electron chi connectivity index (χ3n) is 15.1. The smallest absolute Gasteiger partial charge is 0.410 e. The van der Waals surface area contributed by atoms with Crippen LogP contribution in [0.5, 0.6) is 0 Å². The first-order valence-corrected chi connectivity index (χ1v) is 24.4. The van der Waals surface area contributed by atoms with Crippen LogP contribution in [-0.4, -0.2) is 78.7 Å². The van der Waals surface area contributed by atoms with E-state index in [1.165, 1.54) is 56.9 Å². The molecule has 0 radical (unpaired) electrons. The summed E-state index contributed by atoms with van der Waals surface area (Å²) in [6, 6.07) is 0.105. The Bertz CT molecular complexity index is 1420. The normalized spacial score (nSPS) is 29.2. The molecule has 0 aromatic heterocycles. The Hall–Kier alpha value is -2.49. The molecule has 3 amide bonds. The number of alkyl carbamates (subject to hydrolysis) is 2. The Kier molecular flexibility index (Phi) is 18.2. The van der Waals surface area contributed by atoms with Crippen LogP contribution < -0.4 is 16.0 Å². The fourth-order valence-corrected chi connectivity index (χ4v) is 11.9. The fraction of sp³-hybridized carbons (Fsp3) is 0.900. The van der Waals surface area contributed by atoms with Crippen molar-refractivity contribution in [3.63, 3.8) is 0 Å². The van der Waals surface area contributed by atoms with E-state index in [9.17, 15) is 14.4 Å². The SMILES string of the molecule is CC(C)CCC[C@@H](C)C1CCC2[C@@H]3CC=C4C[C@@H](OC(=O)N(CCCCNC(C)CCNC(=O)OC(C)(C)C)C(C)CCNC(=O)OC(C)(C)C)CC[C@]4(C)C3CC[C@@]21C. The molecule has 3 saturated carbocycles. The number of allylic oxidation sites excluding steroid dienone is 1. The van der Waals surface area contributed by atoms with Crippen molar-refractivity contribution in [3.8, 4) is 0 Å². The van der Waals surface area contributed by atoms with E-state index in [0.717, 1.165) is 80.6 Å². The molecule has 4 aliphatic rings. The maximum Gasteiger partial charge on any atom is 0.410 e. The molecule has 3 N–H and O–H groups in total. The molecule has 0 aromatic rings. The third kappa shape index (κ3) is 14.3. The van der Waals surface area contributed by atoms with E-state index in [1.807, 2.05) is 46.4 Å². The summed E-state index contributed by atoms with van der Waals surface area (Å²) in [5.74, 6) is 4.82. The number of fused-ring (bicyclic) bond motifs is 5. The number of amides is 3. The van der Waals surface area contributed by atoms with Gasteiger partial charge in [-0.3, -0.25) is 0 Å². The summed E-state index contributed by atoms with van der Waals surface area (Å²) >= 11 is 0. The van der Waals surface area contributed by atoms with Crippen molar-refractivity contribution >= 4 is 18.3 Å². The van der Waals surface area contributed by atoms with Gasteiger partial charge in [0.15, 0.2) is 0 Å². The van der Waals surface area contributed by atoms with Gasteiger partial charge in [0.1, 0.15) is 17.3 Å². The van der Waals surface area contributed by atoms with Gasteiger partial charge in [-0.05, 0) is 179 Å². The predicted molar refractivity (Wildman–Crippen MR) is 244 cm³/mol. The highest BCUT2D eigenvalue weighted by atomic mass is 16.6. The summed E-state index contributed by atoms with van der Waals surface area (Å²) in [5, 5.41) is 9.26. The Balaban J connectivity index is 1.32. The van der Waals surface area contributed by atoms with Crippen molar-refractivity contribution in [2.75, 3.05) is 26.2 Å². The number of nitrogens with zero attached hydrogens (tertiary/aromatic N) is 1. The lowest BCUT2D eigenvalue weighted by Crippen LogP contribution is -2.51. The highest BCUT2D eigenvalue weighted by molar-refractivity contribution is 5.69. The van der Waals surface area contributed by atoms with Crippen molar-refractivity contribution in [2.45, 2.75) is 216 Å². The molecule has 0 saturated heterocycles. The summed E-state index contributed by atoms with van der Waals surface area (Å²) in [5.41, 5.74) is 1.13. The molecule has 346 valence electrons. The molecule has 3 fully saturated rings. The van der Waals surface area contributed by atoms with Crippen LogP contribution in [0, 0.1) is 46.3 Å². The number of ether oxygens (including phenoxy) is 3. The first-order chi connectivity index (χ1) is 28.0. The minimum atomic E-state index is -0.571. The van der Waals surface area contributed by atoms with Crippen LogP contribution in [0.25, 0.3) is 0 Å². The van der Waals surface area contributed by atoms with Crippen LogP contribution in [-0.2, 0) is 14.2 Å². The molecule has 10 heteroatoms. The average Bonchev–Trinajstić information content (AvgIpc) is 3.48. The van der Waals surface area contributed by atoms with Crippen LogP contribution in [0.2, 0.25) is 0 Å². The monoisotopic (exact) mass is 843 g/mol. The van der Waals surface area contributed by atoms with E-state index < -0.39 is 23.4 Å². The third-order valence-corrected chi connectivity index (χ3v) is 15.1. The molecule has 0 spiro atoms. The van der Waals surface area contributed by atoms with Crippen molar-refractivity contribution < 1.29 is 28.6 Å². The topological polar surface area (TPSA) is 118 Å². The highest BCUT2D eigenvalue weighted by Gasteiger charge is 2.59. The van der Waals surface area contributed by atoms with E-state index in [0.29, 0.717) is 31.5 Å². The number of unbranched alkanes of at least 4 members (excludes halogenated alkanes) is 1. The van der Waals surface area contributed by atoms with E-state index in [1.54, 1.807) is 0 Å². The molecule has 0 aliphatic heterocycles. The molecule has 0 aromatic carbocycles. The van der Waals surface area contributed by atoms with E-state index in [2.05, 4.69) is 70.5 Å². The Morgan fingerprint density at radius 3 is 2.05 bits per heavy atom. The zero-order valence-corrected chi connectivity index (χ0v) is 40.6. The number of rotatable bonds is 19. The van der Waals surface area contributed by atoms with Gasteiger partial charge in [-0.25, -0.2) is 14.4 Å². The van der Waals surface area contributed by atoms with Crippen LogP contribution in [0.4, 0.5) is 14.4 Å². The Morgan fingerprint density at radius 1 is 0.767 bits per heavy atom. The zero-order valence-electron chi connectivity index (χ0n) is 40.6. The molecule has 10 atom stereocenters. The lowest BCUT2D eigenvalue weighted by Gasteiger charge is -2.58. The fourth-order valence-electron chi connectivity index (χ4n) is 11.9. The highest BCUT2D eigenvalue weighted by Crippen LogP contribution is 2.67. The van der Waals surface area contributed by atoms with Gasteiger partial charge in [0.05, 0.1) is 0 Å². The van der Waals surface area contributed by atoms with E-state index in [4.69, 9.17) is 14.2 Å². The molecular formula is C50H90N4O6. The number of hydrogen-bond donors (Lipinski definition) is 3. The number of carbonyl (C=O) groups excluding carboxylic acids is 3. The first-order valence-electron chi connectivity index (χ1n) is 24.4. The van der Waals surface area contributed by atoms with Crippen LogP contribution in [0.1, 0.15) is 186 Å². The minimum Gasteiger partial charge on any atom is -0.446 e. The van der Waals surface area contributed by atoms with Crippen molar-refractivity contribution in [3.05, 3.63) is 11.6 Å². The first kappa shape index (κ1) is 50.2. The molecule has 60 heavy (non-hydrogen) atoms. The lowest BCUT2D eigenvalue weighted by atomic mass is 9.47. The quantitative estimate of drug-likeness (QED) is 0.0673. The number of carbonyl (C=O) groups is 3. The van der Waals surface area contributed by atoms with E-state index in [-0.39, 0.29) is 29.7 Å². The number of nitrogens with one attached hydrogen (secondary N) is 3. The predicted octanol–water partition coefficient (Wildman–Crippen LogP) is 11.8. The Labute approximate surface area is 366 Å². The second kappa shape index (κ2) is 21.7. The molecule has 4 rings (SSSR count). The van der Waals surface area contributed by atoms with Crippen molar-refractivity contribution in [1.29, 1.82) is 0 Å². The van der Waals surface area contributed by atoms with Gasteiger partial charge in [0, 0.05) is 38.1 Å².